The molecule has 0 atom stereocenters. The third-order valence-corrected chi connectivity index (χ3v) is 2.98. The molecule has 1 saturated heterocycles. The van der Waals surface area contributed by atoms with Crippen LogP contribution in [0, 0.1) is 0 Å². The van der Waals surface area contributed by atoms with Crippen LogP contribution in [0.2, 0.25) is 0 Å². The third kappa shape index (κ3) is 2.21. The van der Waals surface area contributed by atoms with Gasteiger partial charge in [-0.25, -0.2) is 9.78 Å². The van der Waals surface area contributed by atoms with Crippen LogP contribution in [0.4, 0.5) is 0 Å². The summed E-state index contributed by atoms with van der Waals surface area (Å²) in [5.74, 6) is -1.20. The Hall–Kier alpha value is -1.69. The fraction of sp³-hybridized carbons (Fsp3) is 0.545. The number of aromatic carboxylic acids is 1. The molecule has 92 valence electrons. The molecule has 2 heterocycles. The van der Waals surface area contributed by atoms with Crippen molar-refractivity contribution in [3.8, 4) is 0 Å². The average Bonchev–Trinajstić information content (AvgIpc) is 2.33. The van der Waals surface area contributed by atoms with Crippen molar-refractivity contribution in [2.24, 2.45) is 7.05 Å². The molecule has 0 saturated carbocycles. The van der Waals surface area contributed by atoms with Crippen LogP contribution in [0.25, 0.3) is 0 Å². The van der Waals surface area contributed by atoms with Gasteiger partial charge in [-0.15, -0.1) is 0 Å². The summed E-state index contributed by atoms with van der Waals surface area (Å²) in [6.07, 6.45) is 2.79. The lowest BCUT2D eigenvalue weighted by Gasteiger charge is -2.22. The van der Waals surface area contributed by atoms with Crippen LogP contribution in [-0.4, -0.2) is 33.8 Å². The predicted molar refractivity (Wildman–Crippen MR) is 59.2 cm³/mol. The summed E-state index contributed by atoms with van der Waals surface area (Å²) in [6.45, 7) is 1.17. The molecule has 17 heavy (non-hydrogen) atoms. The van der Waals surface area contributed by atoms with Crippen molar-refractivity contribution < 1.29 is 14.6 Å². The molecule has 2 rings (SSSR count). The number of carboxylic acid groups (broad SMARTS) is 1. The lowest BCUT2D eigenvalue weighted by molar-refractivity contribution is 0.0679. The molecule has 1 aliphatic heterocycles. The smallest absolute Gasteiger partial charge is 0.343 e. The van der Waals surface area contributed by atoms with Gasteiger partial charge in [-0.1, -0.05) is 0 Å². The minimum absolute atomic E-state index is 0.00347. The van der Waals surface area contributed by atoms with E-state index in [9.17, 15) is 9.59 Å². The number of rotatable bonds is 2. The summed E-state index contributed by atoms with van der Waals surface area (Å²) >= 11 is 0. The first-order valence-electron chi connectivity index (χ1n) is 5.48. The standard InChI is InChI=1S/C11H14N2O4/c1-13-6-12-9(7-2-4-17-5-3-7)8(10(13)14)11(15)16/h6-7H,2-5H2,1H3,(H,15,16). The second-order valence-electron chi connectivity index (χ2n) is 4.11. The van der Waals surface area contributed by atoms with Crippen LogP contribution in [0.15, 0.2) is 11.1 Å². The van der Waals surface area contributed by atoms with Gasteiger partial charge in [0, 0.05) is 26.2 Å². The summed E-state index contributed by atoms with van der Waals surface area (Å²) in [5, 5.41) is 9.12. The van der Waals surface area contributed by atoms with E-state index in [1.165, 1.54) is 17.9 Å². The number of aryl methyl sites for hydroxylation is 1. The first-order valence-corrected chi connectivity index (χ1v) is 5.48. The van der Waals surface area contributed by atoms with Crippen molar-refractivity contribution in [1.29, 1.82) is 0 Å². The minimum atomic E-state index is -1.21. The maximum Gasteiger partial charge on any atom is 0.343 e. The molecular formula is C11H14N2O4. The maximum absolute atomic E-state index is 11.8. The van der Waals surface area contributed by atoms with Crippen LogP contribution in [-0.2, 0) is 11.8 Å². The van der Waals surface area contributed by atoms with E-state index in [1.54, 1.807) is 0 Å². The highest BCUT2D eigenvalue weighted by Crippen LogP contribution is 2.26. The van der Waals surface area contributed by atoms with Crippen LogP contribution in [0.5, 0.6) is 0 Å². The highest BCUT2D eigenvalue weighted by atomic mass is 16.5. The molecule has 1 aromatic rings. The summed E-state index contributed by atoms with van der Waals surface area (Å²) in [5.41, 5.74) is -0.320. The van der Waals surface area contributed by atoms with Gasteiger partial charge >= 0.3 is 5.97 Å². The normalized spacial score (nSPS) is 17.0. The zero-order valence-corrected chi connectivity index (χ0v) is 9.55. The quantitative estimate of drug-likeness (QED) is 0.805. The Morgan fingerprint density at radius 2 is 2.18 bits per heavy atom. The summed E-state index contributed by atoms with van der Waals surface area (Å²) in [4.78, 5) is 27.0. The van der Waals surface area contributed by atoms with Gasteiger partial charge in [-0.05, 0) is 12.8 Å². The number of aromatic nitrogens is 2. The first kappa shape index (κ1) is 11.8. The molecule has 6 heteroatoms. The lowest BCUT2D eigenvalue weighted by Crippen LogP contribution is -2.29. The zero-order valence-electron chi connectivity index (χ0n) is 9.55. The van der Waals surface area contributed by atoms with E-state index in [2.05, 4.69) is 4.98 Å². The molecule has 0 amide bonds. The zero-order chi connectivity index (χ0) is 12.4. The molecular weight excluding hydrogens is 224 g/mol. The van der Waals surface area contributed by atoms with Crippen LogP contribution >= 0.6 is 0 Å². The van der Waals surface area contributed by atoms with Crippen molar-refractivity contribution in [2.75, 3.05) is 13.2 Å². The Morgan fingerprint density at radius 1 is 1.53 bits per heavy atom. The first-order chi connectivity index (χ1) is 8.11. The molecule has 0 aromatic carbocycles. The number of carboxylic acids is 1. The molecule has 0 aliphatic carbocycles. The number of ether oxygens (including phenoxy) is 1. The largest absolute Gasteiger partial charge is 0.477 e. The molecule has 1 aliphatic rings. The molecule has 1 fully saturated rings. The molecule has 1 aromatic heterocycles. The summed E-state index contributed by atoms with van der Waals surface area (Å²) < 4.78 is 6.40. The monoisotopic (exact) mass is 238 g/mol. The van der Waals surface area contributed by atoms with Gasteiger partial charge in [0.15, 0.2) is 0 Å². The Labute approximate surface area is 97.9 Å². The van der Waals surface area contributed by atoms with Crippen LogP contribution in [0.1, 0.15) is 34.8 Å². The fourth-order valence-corrected chi connectivity index (χ4v) is 2.03. The predicted octanol–water partition coefficient (Wildman–Crippen LogP) is 0.372. The van der Waals surface area contributed by atoms with Crippen molar-refractivity contribution in [3.05, 3.63) is 27.9 Å². The van der Waals surface area contributed by atoms with E-state index in [-0.39, 0.29) is 11.5 Å². The number of hydrogen-bond acceptors (Lipinski definition) is 4. The van der Waals surface area contributed by atoms with Crippen molar-refractivity contribution >= 4 is 5.97 Å². The molecule has 6 nitrogen and oxygen atoms in total. The van der Waals surface area contributed by atoms with Crippen molar-refractivity contribution in [3.63, 3.8) is 0 Å². The van der Waals surface area contributed by atoms with Crippen molar-refractivity contribution in [2.45, 2.75) is 18.8 Å². The van der Waals surface area contributed by atoms with E-state index in [1.807, 2.05) is 0 Å². The van der Waals surface area contributed by atoms with Gasteiger partial charge in [0.2, 0.25) is 0 Å². The van der Waals surface area contributed by atoms with E-state index in [4.69, 9.17) is 9.84 Å². The molecule has 0 bridgehead atoms. The van der Waals surface area contributed by atoms with Gasteiger partial charge in [-0.2, -0.15) is 0 Å². The Bertz CT molecular complexity index is 489. The maximum atomic E-state index is 11.8. The SMILES string of the molecule is Cn1cnc(C2CCOCC2)c(C(=O)O)c1=O. The summed E-state index contributed by atoms with van der Waals surface area (Å²) in [6, 6.07) is 0. The van der Waals surface area contributed by atoms with Gasteiger partial charge in [0.05, 0.1) is 12.0 Å². The average molecular weight is 238 g/mol. The summed E-state index contributed by atoms with van der Waals surface area (Å²) in [7, 11) is 1.50. The van der Waals surface area contributed by atoms with Crippen LogP contribution in [0.3, 0.4) is 0 Å². The van der Waals surface area contributed by atoms with Gasteiger partial charge in [0.1, 0.15) is 5.56 Å². The van der Waals surface area contributed by atoms with Gasteiger partial charge in [0.25, 0.3) is 5.56 Å². The molecule has 0 spiro atoms. The molecule has 1 N–H and O–H groups in total. The number of hydrogen-bond donors (Lipinski definition) is 1. The second kappa shape index (κ2) is 4.67. The van der Waals surface area contributed by atoms with Crippen molar-refractivity contribution in [1.82, 2.24) is 9.55 Å². The fourth-order valence-electron chi connectivity index (χ4n) is 2.03. The van der Waals surface area contributed by atoms with E-state index < -0.39 is 11.5 Å². The van der Waals surface area contributed by atoms with Gasteiger partial charge < -0.3 is 14.4 Å². The van der Waals surface area contributed by atoms with E-state index >= 15 is 0 Å². The molecule has 0 unspecified atom stereocenters. The highest BCUT2D eigenvalue weighted by Gasteiger charge is 2.25. The highest BCUT2D eigenvalue weighted by molar-refractivity contribution is 5.88. The lowest BCUT2D eigenvalue weighted by atomic mass is 9.93. The topological polar surface area (TPSA) is 81.4 Å². The van der Waals surface area contributed by atoms with Gasteiger partial charge in [-0.3, -0.25) is 4.79 Å². The molecule has 0 radical (unpaired) electrons. The number of nitrogens with zero attached hydrogens (tertiary/aromatic N) is 2. The number of carbonyl (C=O) groups is 1. The van der Waals surface area contributed by atoms with E-state index in [0.29, 0.717) is 31.7 Å². The minimum Gasteiger partial charge on any atom is -0.477 e. The van der Waals surface area contributed by atoms with Crippen LogP contribution < -0.4 is 5.56 Å². The Kier molecular flexibility index (Phi) is 3.23. The Morgan fingerprint density at radius 3 is 2.76 bits per heavy atom. The third-order valence-electron chi connectivity index (χ3n) is 2.98. The Balaban J connectivity index is 2.49. The van der Waals surface area contributed by atoms with E-state index in [0.717, 1.165) is 0 Å². The second-order valence-corrected chi connectivity index (χ2v) is 4.11.